The Hall–Kier alpha value is -1.35. The van der Waals surface area contributed by atoms with Gasteiger partial charge in [-0.2, -0.15) is 0 Å². The second kappa shape index (κ2) is 6.16. The van der Waals surface area contributed by atoms with Gasteiger partial charge in [0.05, 0.1) is 0 Å². The average molecular weight is 208 g/mol. The Kier molecular flexibility index (Phi) is 4.72. The van der Waals surface area contributed by atoms with Gasteiger partial charge in [0.1, 0.15) is 6.61 Å². The third-order valence-corrected chi connectivity index (χ3v) is 2.27. The minimum absolute atomic E-state index is 0.253. The van der Waals surface area contributed by atoms with Gasteiger partial charge in [-0.25, -0.2) is 0 Å². The van der Waals surface area contributed by atoms with Crippen LogP contribution >= 0.6 is 11.3 Å². The minimum Gasteiger partial charge on any atom is -0.462 e. The van der Waals surface area contributed by atoms with E-state index in [2.05, 4.69) is 0 Å². The van der Waals surface area contributed by atoms with E-state index in [-0.39, 0.29) is 5.97 Å². The summed E-state index contributed by atoms with van der Waals surface area (Å²) >= 11 is 1.69. The van der Waals surface area contributed by atoms with Crippen LogP contribution in [-0.2, 0) is 9.53 Å². The van der Waals surface area contributed by atoms with E-state index in [4.69, 9.17) is 4.74 Å². The lowest BCUT2D eigenvalue weighted by atomic mass is 10.4. The van der Waals surface area contributed by atoms with E-state index in [0.717, 1.165) is 0 Å². The van der Waals surface area contributed by atoms with Crippen LogP contribution in [0.25, 0.3) is 6.08 Å². The maximum atomic E-state index is 10.4. The molecule has 0 saturated heterocycles. The number of hydrogen-bond acceptors (Lipinski definition) is 3. The topological polar surface area (TPSA) is 26.3 Å². The summed E-state index contributed by atoms with van der Waals surface area (Å²) < 4.78 is 4.72. The molecule has 2 nitrogen and oxygen atoms in total. The molecule has 0 bridgehead atoms. The van der Waals surface area contributed by atoms with Crippen LogP contribution < -0.4 is 0 Å². The molecule has 0 fully saturated rings. The third-order valence-electron chi connectivity index (χ3n) is 1.43. The van der Waals surface area contributed by atoms with Gasteiger partial charge in [0, 0.05) is 11.8 Å². The van der Waals surface area contributed by atoms with Crippen LogP contribution in [0.2, 0.25) is 0 Å². The summed E-state index contributed by atoms with van der Waals surface area (Å²) in [6, 6.07) is 4.05. The predicted octanol–water partition coefficient (Wildman–Crippen LogP) is 2.88. The van der Waals surface area contributed by atoms with E-state index in [1.165, 1.54) is 11.8 Å². The Labute approximate surface area is 87.5 Å². The summed E-state index contributed by atoms with van der Waals surface area (Å²) in [4.78, 5) is 11.6. The van der Waals surface area contributed by atoms with Crippen LogP contribution in [0.3, 0.4) is 0 Å². The molecule has 74 valence electrons. The molecular formula is C11H12O2S. The zero-order valence-electron chi connectivity index (χ0n) is 7.97. The first-order valence-corrected chi connectivity index (χ1v) is 5.17. The van der Waals surface area contributed by atoms with Crippen molar-refractivity contribution < 1.29 is 9.53 Å². The second-order valence-corrected chi connectivity index (χ2v) is 3.58. The molecule has 0 aromatic carbocycles. The Balaban J connectivity index is 2.23. The van der Waals surface area contributed by atoms with Gasteiger partial charge in [0.25, 0.3) is 0 Å². The lowest BCUT2D eigenvalue weighted by Crippen LogP contribution is -1.96. The number of carbonyl (C=O) groups excluding carboxylic acids is 1. The summed E-state index contributed by atoms with van der Waals surface area (Å²) in [5, 5.41) is 2.03. The maximum Gasteiger partial charge on any atom is 0.302 e. The highest BCUT2D eigenvalue weighted by atomic mass is 32.1. The molecular weight excluding hydrogens is 196 g/mol. The first kappa shape index (κ1) is 10.7. The van der Waals surface area contributed by atoms with Crippen molar-refractivity contribution in [3.63, 3.8) is 0 Å². The Morgan fingerprint density at radius 2 is 2.43 bits per heavy atom. The van der Waals surface area contributed by atoms with E-state index in [0.29, 0.717) is 6.61 Å². The lowest BCUT2D eigenvalue weighted by Gasteiger charge is -1.92. The highest BCUT2D eigenvalue weighted by Crippen LogP contribution is 2.09. The lowest BCUT2D eigenvalue weighted by molar-refractivity contribution is -0.139. The molecule has 0 radical (unpaired) electrons. The molecule has 1 heterocycles. The van der Waals surface area contributed by atoms with Gasteiger partial charge in [-0.15, -0.1) is 11.3 Å². The van der Waals surface area contributed by atoms with Crippen molar-refractivity contribution >= 4 is 23.4 Å². The van der Waals surface area contributed by atoms with Crippen molar-refractivity contribution in [2.24, 2.45) is 0 Å². The van der Waals surface area contributed by atoms with Gasteiger partial charge in [-0.3, -0.25) is 4.79 Å². The molecule has 1 rings (SSSR count). The number of esters is 1. The van der Waals surface area contributed by atoms with Gasteiger partial charge in [0.2, 0.25) is 0 Å². The van der Waals surface area contributed by atoms with Gasteiger partial charge >= 0.3 is 5.97 Å². The largest absolute Gasteiger partial charge is 0.462 e. The van der Waals surface area contributed by atoms with Crippen molar-refractivity contribution in [2.75, 3.05) is 6.61 Å². The predicted molar refractivity (Wildman–Crippen MR) is 59.1 cm³/mol. The van der Waals surface area contributed by atoms with E-state index in [1.807, 2.05) is 35.7 Å². The number of carbonyl (C=O) groups is 1. The summed E-state index contributed by atoms with van der Waals surface area (Å²) in [7, 11) is 0. The fourth-order valence-corrected chi connectivity index (χ4v) is 1.46. The Morgan fingerprint density at radius 3 is 3.07 bits per heavy atom. The van der Waals surface area contributed by atoms with Crippen LogP contribution in [0, 0.1) is 0 Å². The van der Waals surface area contributed by atoms with Crippen molar-refractivity contribution in [2.45, 2.75) is 6.92 Å². The molecule has 0 amide bonds. The fourth-order valence-electron chi connectivity index (χ4n) is 0.836. The molecule has 14 heavy (non-hydrogen) atoms. The summed E-state index contributed by atoms with van der Waals surface area (Å²) in [5.74, 6) is -0.253. The molecule has 0 aliphatic heterocycles. The Morgan fingerprint density at radius 1 is 1.57 bits per heavy atom. The molecule has 0 N–H and O–H groups in total. The first-order valence-electron chi connectivity index (χ1n) is 4.29. The molecule has 0 saturated carbocycles. The number of thiophene rings is 1. The monoisotopic (exact) mass is 208 g/mol. The molecule has 0 aliphatic rings. The summed E-state index contributed by atoms with van der Waals surface area (Å²) in [5.41, 5.74) is 0. The summed E-state index contributed by atoms with van der Waals surface area (Å²) in [6.45, 7) is 1.74. The van der Waals surface area contributed by atoms with E-state index >= 15 is 0 Å². The zero-order valence-corrected chi connectivity index (χ0v) is 8.79. The van der Waals surface area contributed by atoms with E-state index in [9.17, 15) is 4.79 Å². The summed E-state index contributed by atoms with van der Waals surface area (Å²) in [6.07, 6.45) is 7.60. The van der Waals surface area contributed by atoms with Crippen LogP contribution in [0.4, 0.5) is 0 Å². The quantitative estimate of drug-likeness (QED) is 0.561. The number of ether oxygens (including phenoxy) is 1. The van der Waals surface area contributed by atoms with E-state index in [1.54, 1.807) is 17.4 Å². The van der Waals surface area contributed by atoms with Crippen LogP contribution in [0.5, 0.6) is 0 Å². The van der Waals surface area contributed by atoms with Crippen LogP contribution in [0.1, 0.15) is 11.8 Å². The third kappa shape index (κ3) is 4.62. The standard InChI is InChI=1S/C11H12O2S/c1-10(12)13-8-4-2-3-6-11-7-5-9-14-11/h2-7,9H,8H2,1H3/b4-2+,6-3+. The number of hydrogen-bond donors (Lipinski definition) is 0. The molecule has 1 aromatic heterocycles. The SMILES string of the molecule is CC(=O)OC/C=C/C=C/c1cccs1. The highest BCUT2D eigenvalue weighted by molar-refractivity contribution is 7.10. The van der Waals surface area contributed by atoms with Gasteiger partial charge < -0.3 is 4.74 Å². The smallest absolute Gasteiger partial charge is 0.302 e. The molecule has 1 aromatic rings. The van der Waals surface area contributed by atoms with Crippen molar-refractivity contribution in [3.05, 3.63) is 40.6 Å². The molecule has 0 unspecified atom stereocenters. The van der Waals surface area contributed by atoms with Gasteiger partial charge in [-0.1, -0.05) is 18.2 Å². The van der Waals surface area contributed by atoms with Crippen molar-refractivity contribution in [1.82, 2.24) is 0 Å². The number of rotatable bonds is 4. The molecule has 3 heteroatoms. The van der Waals surface area contributed by atoms with Crippen LogP contribution in [0.15, 0.2) is 35.7 Å². The fraction of sp³-hybridized carbons (Fsp3) is 0.182. The van der Waals surface area contributed by atoms with Crippen LogP contribution in [-0.4, -0.2) is 12.6 Å². The molecule has 0 atom stereocenters. The number of allylic oxidation sites excluding steroid dienone is 2. The normalized spacial score (nSPS) is 11.2. The van der Waals surface area contributed by atoms with Crippen molar-refractivity contribution in [3.8, 4) is 0 Å². The first-order chi connectivity index (χ1) is 6.79. The zero-order chi connectivity index (χ0) is 10.2. The second-order valence-electron chi connectivity index (χ2n) is 2.61. The van der Waals surface area contributed by atoms with Gasteiger partial charge in [-0.05, 0) is 23.6 Å². The maximum absolute atomic E-state index is 10.4. The van der Waals surface area contributed by atoms with Crippen molar-refractivity contribution in [1.29, 1.82) is 0 Å². The Bertz CT molecular complexity index is 323. The van der Waals surface area contributed by atoms with Gasteiger partial charge in [0.15, 0.2) is 0 Å². The molecule has 0 spiro atoms. The molecule has 0 aliphatic carbocycles. The van der Waals surface area contributed by atoms with E-state index < -0.39 is 0 Å². The minimum atomic E-state index is -0.253. The highest BCUT2D eigenvalue weighted by Gasteiger charge is 1.85. The average Bonchev–Trinajstić information content (AvgIpc) is 2.63.